The summed E-state index contributed by atoms with van der Waals surface area (Å²) in [6, 6.07) is -1.73. The Balaban J connectivity index is 0. The Labute approximate surface area is 77.4 Å². The third-order valence-corrected chi connectivity index (χ3v) is 1.58. The molecule has 0 aromatic heterocycles. The largest absolute Gasteiger partial charge is 0.406 e. The molecule has 0 aromatic rings. The second-order valence-electron chi connectivity index (χ2n) is 2.31. The number of alkyl halides is 3. The average molecular weight is 201 g/mol. The van der Waals surface area contributed by atoms with Gasteiger partial charge in [-0.15, -0.1) is 0 Å². The minimum Gasteiger partial charge on any atom is -0.394 e. The average Bonchev–Trinajstić information content (AvgIpc) is 2.06. The number of halogens is 3. The van der Waals surface area contributed by atoms with E-state index in [1.807, 2.05) is 13.8 Å². The summed E-state index contributed by atoms with van der Waals surface area (Å²) >= 11 is 0. The molecule has 0 amide bonds. The van der Waals surface area contributed by atoms with E-state index in [-0.39, 0.29) is 6.54 Å². The number of aliphatic hydroxyl groups is 1. The van der Waals surface area contributed by atoms with E-state index in [2.05, 4.69) is 0 Å². The lowest BCUT2D eigenvalue weighted by Gasteiger charge is -2.26. The lowest BCUT2D eigenvalue weighted by atomic mass is 10.3. The van der Waals surface area contributed by atoms with Crippen LogP contribution in [0, 0.1) is 0 Å². The Kier molecular flexibility index (Phi) is 8.35. The van der Waals surface area contributed by atoms with Gasteiger partial charge in [-0.3, -0.25) is 4.90 Å². The zero-order valence-electron chi connectivity index (χ0n) is 8.52. The topological polar surface area (TPSA) is 23.5 Å². The van der Waals surface area contributed by atoms with Gasteiger partial charge in [-0.25, -0.2) is 0 Å². The van der Waals surface area contributed by atoms with Crippen molar-refractivity contribution in [2.24, 2.45) is 0 Å². The fourth-order valence-electron chi connectivity index (χ4n) is 0.713. The van der Waals surface area contributed by atoms with Crippen LogP contribution < -0.4 is 0 Å². The van der Waals surface area contributed by atoms with Crippen molar-refractivity contribution in [3.8, 4) is 0 Å². The van der Waals surface area contributed by atoms with Crippen LogP contribution in [-0.4, -0.2) is 42.4 Å². The van der Waals surface area contributed by atoms with Crippen molar-refractivity contribution in [2.75, 3.05) is 20.2 Å². The molecule has 82 valence electrons. The van der Waals surface area contributed by atoms with Gasteiger partial charge in [0.1, 0.15) is 6.04 Å². The molecule has 13 heavy (non-hydrogen) atoms. The fraction of sp³-hybridized carbons (Fsp3) is 1.00. The lowest BCUT2D eigenvalue weighted by Crippen LogP contribution is -2.45. The number of rotatable bonds is 3. The molecule has 0 aliphatic carbocycles. The summed E-state index contributed by atoms with van der Waals surface area (Å²) in [5.41, 5.74) is 0. The standard InChI is InChI=1S/C6H12F3NO.C2H6/c1-3-10(2)5(4-11)6(7,8)9;1-2/h5,11H,3-4H2,1-2H3;1-2H3. The van der Waals surface area contributed by atoms with E-state index in [1.54, 1.807) is 6.92 Å². The summed E-state index contributed by atoms with van der Waals surface area (Å²) in [5.74, 6) is 0. The number of hydrogen-bond donors (Lipinski definition) is 1. The van der Waals surface area contributed by atoms with Crippen molar-refractivity contribution in [1.82, 2.24) is 4.90 Å². The maximum Gasteiger partial charge on any atom is 0.406 e. The van der Waals surface area contributed by atoms with E-state index in [0.717, 1.165) is 4.90 Å². The van der Waals surface area contributed by atoms with Crippen LogP contribution in [0.15, 0.2) is 0 Å². The summed E-state index contributed by atoms with van der Waals surface area (Å²) in [5, 5.41) is 8.40. The molecule has 0 spiro atoms. The third kappa shape index (κ3) is 5.87. The molecule has 2 nitrogen and oxygen atoms in total. The molecule has 0 rings (SSSR count). The summed E-state index contributed by atoms with van der Waals surface area (Å²) in [6.07, 6.45) is -4.33. The Bertz CT molecular complexity index is 116. The summed E-state index contributed by atoms with van der Waals surface area (Å²) in [6.45, 7) is 4.99. The van der Waals surface area contributed by atoms with Crippen molar-refractivity contribution >= 4 is 0 Å². The fourth-order valence-corrected chi connectivity index (χ4v) is 0.713. The highest BCUT2D eigenvalue weighted by molar-refractivity contribution is 4.74. The van der Waals surface area contributed by atoms with Gasteiger partial charge >= 0.3 is 6.18 Å². The van der Waals surface area contributed by atoms with Crippen LogP contribution in [-0.2, 0) is 0 Å². The van der Waals surface area contributed by atoms with Crippen LogP contribution in [0.1, 0.15) is 20.8 Å². The smallest absolute Gasteiger partial charge is 0.394 e. The Morgan fingerprint density at radius 2 is 1.69 bits per heavy atom. The first-order valence-electron chi connectivity index (χ1n) is 4.31. The molecular formula is C8H18F3NO. The van der Waals surface area contributed by atoms with Crippen molar-refractivity contribution in [1.29, 1.82) is 0 Å². The van der Waals surface area contributed by atoms with Gasteiger partial charge in [0.05, 0.1) is 6.61 Å². The number of hydrogen-bond acceptors (Lipinski definition) is 2. The van der Waals surface area contributed by atoms with E-state index >= 15 is 0 Å². The van der Waals surface area contributed by atoms with Crippen molar-refractivity contribution in [3.05, 3.63) is 0 Å². The van der Waals surface area contributed by atoms with Gasteiger partial charge in [0.15, 0.2) is 0 Å². The van der Waals surface area contributed by atoms with Gasteiger partial charge in [-0.1, -0.05) is 20.8 Å². The van der Waals surface area contributed by atoms with Crippen LogP contribution in [0.3, 0.4) is 0 Å². The van der Waals surface area contributed by atoms with Crippen molar-refractivity contribution < 1.29 is 18.3 Å². The molecule has 0 fully saturated rings. The summed E-state index contributed by atoms with van der Waals surface area (Å²) in [7, 11) is 1.33. The van der Waals surface area contributed by atoms with Gasteiger partial charge in [0.2, 0.25) is 0 Å². The van der Waals surface area contributed by atoms with E-state index in [4.69, 9.17) is 5.11 Å². The first-order valence-corrected chi connectivity index (χ1v) is 4.31. The molecule has 0 aliphatic rings. The second kappa shape index (κ2) is 7.15. The molecule has 0 saturated heterocycles. The monoisotopic (exact) mass is 201 g/mol. The summed E-state index contributed by atoms with van der Waals surface area (Å²) < 4.78 is 35.9. The predicted molar refractivity (Wildman–Crippen MR) is 46.6 cm³/mol. The molecule has 0 heterocycles. The minimum absolute atomic E-state index is 0.269. The van der Waals surface area contributed by atoms with Gasteiger partial charge < -0.3 is 5.11 Å². The van der Waals surface area contributed by atoms with Crippen molar-refractivity contribution in [3.63, 3.8) is 0 Å². The second-order valence-corrected chi connectivity index (χ2v) is 2.31. The summed E-state index contributed by atoms with van der Waals surface area (Å²) in [4.78, 5) is 1.06. The normalized spacial score (nSPS) is 13.6. The third-order valence-electron chi connectivity index (χ3n) is 1.58. The molecule has 0 aliphatic heterocycles. The molecule has 0 saturated carbocycles. The quantitative estimate of drug-likeness (QED) is 0.753. The predicted octanol–water partition coefficient (Wildman–Crippen LogP) is 1.89. The maximum absolute atomic E-state index is 12.0. The number of likely N-dealkylation sites (N-methyl/N-ethyl adjacent to an activating group) is 1. The van der Waals surface area contributed by atoms with Crippen LogP contribution in [0.5, 0.6) is 0 Å². The van der Waals surface area contributed by atoms with E-state index in [1.165, 1.54) is 7.05 Å². The Morgan fingerprint density at radius 1 is 1.31 bits per heavy atom. The van der Waals surface area contributed by atoms with Gasteiger partial charge in [-0.2, -0.15) is 13.2 Å². The Hall–Kier alpha value is -0.290. The highest BCUT2D eigenvalue weighted by Crippen LogP contribution is 2.23. The number of nitrogens with zero attached hydrogens (tertiary/aromatic N) is 1. The van der Waals surface area contributed by atoms with E-state index < -0.39 is 18.8 Å². The van der Waals surface area contributed by atoms with Gasteiger partial charge in [0.25, 0.3) is 0 Å². The van der Waals surface area contributed by atoms with E-state index in [0.29, 0.717) is 0 Å². The first kappa shape index (κ1) is 15.2. The molecule has 1 N–H and O–H groups in total. The zero-order valence-corrected chi connectivity index (χ0v) is 8.52. The van der Waals surface area contributed by atoms with Crippen LogP contribution in [0.25, 0.3) is 0 Å². The van der Waals surface area contributed by atoms with Crippen LogP contribution in [0.4, 0.5) is 13.2 Å². The van der Waals surface area contributed by atoms with E-state index in [9.17, 15) is 13.2 Å². The van der Waals surface area contributed by atoms with Crippen LogP contribution in [0.2, 0.25) is 0 Å². The molecule has 1 atom stereocenters. The van der Waals surface area contributed by atoms with Gasteiger partial charge in [0, 0.05) is 0 Å². The zero-order chi connectivity index (χ0) is 11.1. The SMILES string of the molecule is CC.CCN(C)C(CO)C(F)(F)F. The Morgan fingerprint density at radius 3 is 1.77 bits per heavy atom. The molecule has 0 bridgehead atoms. The lowest BCUT2D eigenvalue weighted by molar-refractivity contribution is -0.188. The molecule has 0 aromatic carbocycles. The molecule has 5 heteroatoms. The molecule has 0 radical (unpaired) electrons. The van der Waals surface area contributed by atoms with Crippen molar-refractivity contribution in [2.45, 2.75) is 33.0 Å². The molecule has 1 unspecified atom stereocenters. The van der Waals surface area contributed by atoms with Crippen LogP contribution >= 0.6 is 0 Å². The molecular weight excluding hydrogens is 183 g/mol. The maximum atomic E-state index is 12.0. The highest BCUT2D eigenvalue weighted by atomic mass is 19.4. The minimum atomic E-state index is -4.33. The number of aliphatic hydroxyl groups excluding tert-OH is 1. The van der Waals surface area contributed by atoms with Gasteiger partial charge in [-0.05, 0) is 13.6 Å². The first-order chi connectivity index (χ1) is 5.93. The highest BCUT2D eigenvalue weighted by Gasteiger charge is 2.41.